The number of hydrogen-bond donors (Lipinski definition) is 1. The lowest BCUT2D eigenvalue weighted by molar-refractivity contribution is -0.384. The van der Waals surface area contributed by atoms with Crippen LogP contribution >= 0.6 is 0 Å². The summed E-state index contributed by atoms with van der Waals surface area (Å²) in [5.41, 5.74) is -0.0647. The Labute approximate surface area is 138 Å². The minimum Gasteiger partial charge on any atom is -0.322 e. The number of amides is 2. The maximum Gasteiger partial charge on any atom is 0.270 e. The number of nitro benzene ring substituents is 1. The molecular formula is C17H15N3O4. The lowest BCUT2D eigenvalue weighted by Crippen LogP contribution is -2.58. The minimum absolute atomic E-state index is 0.154. The smallest absolute Gasteiger partial charge is 0.270 e. The predicted octanol–water partition coefficient (Wildman–Crippen LogP) is 2.97. The van der Waals surface area contributed by atoms with E-state index in [1.54, 1.807) is 38.1 Å². The number of nitrogens with one attached hydrogen (secondary N) is 1. The number of para-hydroxylation sites is 2. The monoisotopic (exact) mass is 325 g/mol. The van der Waals surface area contributed by atoms with Gasteiger partial charge in [0.15, 0.2) is 0 Å². The van der Waals surface area contributed by atoms with E-state index in [-0.39, 0.29) is 17.2 Å². The number of nitro groups is 1. The maximum absolute atomic E-state index is 13.0. The Kier molecular flexibility index (Phi) is 3.56. The van der Waals surface area contributed by atoms with Gasteiger partial charge in [-0.2, -0.15) is 0 Å². The molecule has 1 N–H and O–H groups in total. The number of carbonyl (C=O) groups excluding carboxylic acids is 2. The van der Waals surface area contributed by atoms with Crippen LogP contribution in [0.1, 0.15) is 24.2 Å². The summed E-state index contributed by atoms with van der Waals surface area (Å²) in [7, 11) is 0. The normalized spacial score (nSPS) is 15.4. The Morgan fingerprint density at radius 2 is 1.88 bits per heavy atom. The van der Waals surface area contributed by atoms with E-state index in [4.69, 9.17) is 0 Å². The summed E-state index contributed by atoms with van der Waals surface area (Å²) < 4.78 is 0. The number of benzene rings is 2. The number of rotatable bonds is 2. The van der Waals surface area contributed by atoms with Crippen molar-refractivity contribution in [3.63, 3.8) is 0 Å². The first-order valence-electron chi connectivity index (χ1n) is 7.32. The largest absolute Gasteiger partial charge is 0.322 e. The van der Waals surface area contributed by atoms with E-state index in [0.717, 1.165) is 0 Å². The van der Waals surface area contributed by atoms with E-state index in [0.29, 0.717) is 11.4 Å². The van der Waals surface area contributed by atoms with E-state index in [1.165, 1.54) is 29.2 Å². The highest BCUT2D eigenvalue weighted by molar-refractivity contribution is 6.18. The summed E-state index contributed by atoms with van der Waals surface area (Å²) in [6.07, 6.45) is 0. The second-order valence-corrected chi connectivity index (χ2v) is 5.98. The van der Waals surface area contributed by atoms with Crippen molar-refractivity contribution >= 4 is 28.9 Å². The first kappa shape index (κ1) is 15.7. The number of nitrogens with zero attached hydrogens (tertiary/aromatic N) is 2. The Hall–Kier alpha value is -3.22. The highest BCUT2D eigenvalue weighted by atomic mass is 16.6. The lowest BCUT2D eigenvalue weighted by Gasteiger charge is -2.42. The Balaban J connectivity index is 2.12. The molecular weight excluding hydrogens is 310 g/mol. The third-order valence-corrected chi connectivity index (χ3v) is 4.01. The van der Waals surface area contributed by atoms with Gasteiger partial charge >= 0.3 is 0 Å². The minimum atomic E-state index is -1.13. The molecule has 2 aromatic carbocycles. The van der Waals surface area contributed by atoms with E-state index < -0.39 is 16.4 Å². The van der Waals surface area contributed by atoms with Crippen molar-refractivity contribution in [2.45, 2.75) is 19.4 Å². The molecule has 7 heteroatoms. The predicted molar refractivity (Wildman–Crippen MR) is 89.1 cm³/mol. The van der Waals surface area contributed by atoms with Gasteiger partial charge < -0.3 is 5.32 Å². The first-order chi connectivity index (χ1) is 11.3. The number of carbonyl (C=O) groups is 2. The van der Waals surface area contributed by atoms with Crippen LogP contribution in [-0.2, 0) is 4.79 Å². The van der Waals surface area contributed by atoms with Gasteiger partial charge in [-0.3, -0.25) is 24.6 Å². The van der Waals surface area contributed by atoms with Crippen LogP contribution < -0.4 is 10.2 Å². The van der Waals surface area contributed by atoms with E-state index in [9.17, 15) is 19.7 Å². The standard InChI is InChI=1S/C17H15N3O4/c1-17(2)16(22)18-13-8-3-4-9-14(13)19(17)15(21)11-6-5-7-12(10-11)20(23)24/h3-10H,1-2H3,(H,18,22). The van der Waals surface area contributed by atoms with Gasteiger partial charge in [0.1, 0.15) is 5.54 Å². The first-order valence-corrected chi connectivity index (χ1v) is 7.32. The van der Waals surface area contributed by atoms with Crippen LogP contribution in [0.5, 0.6) is 0 Å². The van der Waals surface area contributed by atoms with Crippen LogP contribution in [0.2, 0.25) is 0 Å². The zero-order valence-corrected chi connectivity index (χ0v) is 13.1. The van der Waals surface area contributed by atoms with Gasteiger partial charge in [-0.1, -0.05) is 18.2 Å². The second kappa shape index (κ2) is 5.45. The van der Waals surface area contributed by atoms with Gasteiger partial charge in [0.2, 0.25) is 5.91 Å². The maximum atomic E-state index is 13.0. The van der Waals surface area contributed by atoms with Gasteiger partial charge in [0.05, 0.1) is 16.3 Å². The highest BCUT2D eigenvalue weighted by Crippen LogP contribution is 2.37. The van der Waals surface area contributed by atoms with Crippen molar-refractivity contribution in [2.24, 2.45) is 0 Å². The van der Waals surface area contributed by atoms with Crippen LogP contribution in [-0.4, -0.2) is 22.3 Å². The zero-order valence-electron chi connectivity index (χ0n) is 13.1. The molecule has 0 atom stereocenters. The molecule has 0 radical (unpaired) electrons. The fourth-order valence-corrected chi connectivity index (χ4v) is 2.70. The third kappa shape index (κ3) is 2.40. The third-order valence-electron chi connectivity index (χ3n) is 4.01. The number of hydrogen-bond acceptors (Lipinski definition) is 4. The fraction of sp³-hybridized carbons (Fsp3) is 0.176. The van der Waals surface area contributed by atoms with E-state index >= 15 is 0 Å². The molecule has 2 amide bonds. The second-order valence-electron chi connectivity index (χ2n) is 5.98. The number of anilines is 2. The van der Waals surface area contributed by atoms with Crippen molar-refractivity contribution < 1.29 is 14.5 Å². The molecule has 0 fully saturated rings. The van der Waals surface area contributed by atoms with Crippen molar-refractivity contribution in [2.75, 3.05) is 10.2 Å². The van der Waals surface area contributed by atoms with Crippen LogP contribution in [0.3, 0.4) is 0 Å². The lowest BCUT2D eigenvalue weighted by atomic mass is 9.95. The van der Waals surface area contributed by atoms with Crippen LogP contribution in [0.15, 0.2) is 48.5 Å². The highest BCUT2D eigenvalue weighted by Gasteiger charge is 2.43. The Bertz CT molecular complexity index is 860. The average Bonchev–Trinajstić information content (AvgIpc) is 2.55. The average molecular weight is 325 g/mol. The van der Waals surface area contributed by atoms with Crippen LogP contribution in [0.4, 0.5) is 17.1 Å². The molecule has 0 saturated carbocycles. The molecule has 0 unspecified atom stereocenters. The SMILES string of the molecule is CC1(C)C(=O)Nc2ccccc2N1C(=O)c1cccc([N+](=O)[O-])c1. The quantitative estimate of drug-likeness (QED) is 0.678. The molecule has 24 heavy (non-hydrogen) atoms. The van der Waals surface area contributed by atoms with Gasteiger partial charge in [-0.05, 0) is 32.0 Å². The van der Waals surface area contributed by atoms with Crippen molar-refractivity contribution in [1.82, 2.24) is 0 Å². The summed E-state index contributed by atoms with van der Waals surface area (Å²) in [5, 5.41) is 13.7. The summed E-state index contributed by atoms with van der Waals surface area (Å²) in [6.45, 7) is 3.26. The summed E-state index contributed by atoms with van der Waals surface area (Å²) in [5.74, 6) is -0.786. The van der Waals surface area contributed by atoms with Crippen molar-refractivity contribution in [3.05, 3.63) is 64.2 Å². The zero-order chi connectivity index (χ0) is 17.5. The molecule has 0 aliphatic carbocycles. The Morgan fingerprint density at radius 3 is 2.58 bits per heavy atom. The molecule has 0 aromatic heterocycles. The van der Waals surface area contributed by atoms with Crippen molar-refractivity contribution in [3.8, 4) is 0 Å². The molecule has 1 heterocycles. The molecule has 1 aliphatic heterocycles. The summed E-state index contributed by atoms with van der Waals surface area (Å²) in [6, 6.07) is 12.4. The topological polar surface area (TPSA) is 92.6 Å². The molecule has 7 nitrogen and oxygen atoms in total. The van der Waals surface area contributed by atoms with E-state index in [1.807, 2.05) is 0 Å². The molecule has 0 bridgehead atoms. The van der Waals surface area contributed by atoms with Gasteiger partial charge in [-0.15, -0.1) is 0 Å². The number of non-ortho nitro benzene ring substituents is 1. The van der Waals surface area contributed by atoms with Gasteiger partial charge in [0, 0.05) is 17.7 Å². The molecule has 1 aliphatic rings. The van der Waals surface area contributed by atoms with Gasteiger partial charge in [-0.25, -0.2) is 0 Å². The van der Waals surface area contributed by atoms with Gasteiger partial charge in [0.25, 0.3) is 11.6 Å². The fourth-order valence-electron chi connectivity index (χ4n) is 2.70. The summed E-state index contributed by atoms with van der Waals surface area (Å²) in [4.78, 5) is 37.2. The molecule has 0 spiro atoms. The summed E-state index contributed by atoms with van der Waals surface area (Å²) >= 11 is 0. The van der Waals surface area contributed by atoms with E-state index in [2.05, 4.69) is 5.32 Å². The number of fused-ring (bicyclic) bond motifs is 1. The van der Waals surface area contributed by atoms with Crippen molar-refractivity contribution in [1.29, 1.82) is 0 Å². The Morgan fingerprint density at radius 1 is 1.17 bits per heavy atom. The van der Waals surface area contributed by atoms with Crippen LogP contribution in [0.25, 0.3) is 0 Å². The molecule has 122 valence electrons. The molecule has 0 saturated heterocycles. The molecule has 3 rings (SSSR count). The van der Waals surface area contributed by atoms with Crippen LogP contribution in [0, 0.1) is 10.1 Å². The molecule has 2 aromatic rings.